The van der Waals surface area contributed by atoms with E-state index in [0.717, 1.165) is 12.8 Å². The molecule has 1 aliphatic rings. The molecule has 4 heteroatoms. The van der Waals surface area contributed by atoms with Crippen molar-refractivity contribution in [1.82, 2.24) is 0 Å². The van der Waals surface area contributed by atoms with Gasteiger partial charge >= 0.3 is 0 Å². The third kappa shape index (κ3) is 1.56. The fourth-order valence-electron chi connectivity index (χ4n) is 1.39. The maximum absolute atomic E-state index is 12.2. The van der Waals surface area contributed by atoms with E-state index in [-0.39, 0.29) is 0 Å². The lowest BCUT2D eigenvalue weighted by Crippen LogP contribution is -2.41. The number of alkyl halides is 1. The second-order valence-electron chi connectivity index (χ2n) is 4.43. The minimum Gasteiger partial charge on any atom is -0.228 e. The highest BCUT2D eigenvalue weighted by molar-refractivity contribution is 9.09. The van der Waals surface area contributed by atoms with Crippen LogP contribution in [0.3, 0.4) is 0 Å². The lowest BCUT2D eigenvalue weighted by Gasteiger charge is -2.28. The molecule has 2 nitrogen and oxygen atoms in total. The first-order chi connectivity index (χ1) is 5.83. The van der Waals surface area contributed by atoms with Crippen LogP contribution in [0.5, 0.6) is 0 Å². The molecular weight excluding hydrogens is 252 g/mol. The fraction of sp³-hybridized carbons (Fsp3) is 1.00. The maximum Gasteiger partial charge on any atom is 0.161 e. The molecule has 1 rings (SSSR count). The van der Waals surface area contributed by atoms with Crippen molar-refractivity contribution in [2.45, 2.75) is 49.5 Å². The van der Waals surface area contributed by atoms with Gasteiger partial charge in [-0.15, -0.1) is 0 Å². The Bertz CT molecular complexity index is 277. The maximum atomic E-state index is 12.2. The molecule has 1 saturated carbocycles. The third-order valence-electron chi connectivity index (χ3n) is 3.20. The van der Waals surface area contributed by atoms with E-state index in [1.54, 1.807) is 0 Å². The van der Waals surface area contributed by atoms with Crippen molar-refractivity contribution in [2.75, 3.05) is 5.33 Å². The SMILES string of the molecule is CCC(C)(C)S(=O)(=O)C1(CBr)CC1. The Balaban J connectivity index is 3.03. The van der Waals surface area contributed by atoms with Gasteiger partial charge in [0.15, 0.2) is 9.84 Å². The molecule has 1 aliphatic carbocycles. The number of rotatable bonds is 4. The third-order valence-corrected chi connectivity index (χ3v) is 8.08. The highest BCUT2D eigenvalue weighted by Gasteiger charge is 2.58. The van der Waals surface area contributed by atoms with Gasteiger partial charge in [0.1, 0.15) is 0 Å². The largest absolute Gasteiger partial charge is 0.228 e. The molecule has 0 N–H and O–H groups in total. The van der Waals surface area contributed by atoms with E-state index in [2.05, 4.69) is 15.9 Å². The minimum atomic E-state index is -2.97. The van der Waals surface area contributed by atoms with E-state index in [9.17, 15) is 8.42 Å². The molecule has 0 aromatic carbocycles. The summed E-state index contributed by atoms with van der Waals surface area (Å²) in [5.74, 6) is 0. The van der Waals surface area contributed by atoms with Crippen molar-refractivity contribution in [3.63, 3.8) is 0 Å². The van der Waals surface area contributed by atoms with Gasteiger partial charge in [-0.3, -0.25) is 0 Å². The summed E-state index contributed by atoms with van der Waals surface area (Å²) in [6, 6.07) is 0. The van der Waals surface area contributed by atoms with Gasteiger partial charge in [-0.2, -0.15) is 0 Å². The van der Waals surface area contributed by atoms with E-state index in [0.29, 0.717) is 11.8 Å². The summed E-state index contributed by atoms with van der Waals surface area (Å²) in [5, 5.41) is 0.589. The Morgan fingerprint density at radius 2 is 1.85 bits per heavy atom. The van der Waals surface area contributed by atoms with Crippen LogP contribution in [-0.4, -0.2) is 23.2 Å². The second-order valence-corrected chi connectivity index (χ2v) is 7.97. The smallest absolute Gasteiger partial charge is 0.161 e. The summed E-state index contributed by atoms with van der Waals surface area (Å²) in [6.45, 7) is 5.58. The quantitative estimate of drug-likeness (QED) is 0.735. The predicted octanol–water partition coefficient (Wildman–Crippen LogP) is 2.52. The van der Waals surface area contributed by atoms with Crippen molar-refractivity contribution in [3.8, 4) is 0 Å². The van der Waals surface area contributed by atoms with Gasteiger partial charge in [0.2, 0.25) is 0 Å². The van der Waals surface area contributed by atoms with Crippen LogP contribution in [0.2, 0.25) is 0 Å². The van der Waals surface area contributed by atoms with Crippen molar-refractivity contribution >= 4 is 25.8 Å². The van der Waals surface area contributed by atoms with Gasteiger partial charge in [0.05, 0.1) is 9.49 Å². The molecule has 0 bridgehead atoms. The molecule has 0 aromatic rings. The Hall–Kier alpha value is 0.430. The van der Waals surface area contributed by atoms with Crippen molar-refractivity contribution in [3.05, 3.63) is 0 Å². The summed E-state index contributed by atoms with van der Waals surface area (Å²) in [5.41, 5.74) is 0. The monoisotopic (exact) mass is 268 g/mol. The van der Waals surface area contributed by atoms with E-state index >= 15 is 0 Å². The normalized spacial score (nSPS) is 21.5. The molecule has 0 spiro atoms. The average molecular weight is 269 g/mol. The molecule has 0 saturated heterocycles. The Morgan fingerprint density at radius 3 is 2.08 bits per heavy atom. The van der Waals surface area contributed by atoms with Gasteiger partial charge in [-0.05, 0) is 33.1 Å². The molecule has 0 atom stereocenters. The molecule has 13 heavy (non-hydrogen) atoms. The van der Waals surface area contributed by atoms with Crippen LogP contribution in [0, 0.1) is 0 Å². The predicted molar refractivity (Wildman–Crippen MR) is 59.0 cm³/mol. The zero-order chi connectivity index (χ0) is 10.3. The number of halogens is 1. The molecule has 1 fully saturated rings. The van der Waals surface area contributed by atoms with Crippen molar-refractivity contribution in [1.29, 1.82) is 0 Å². The van der Waals surface area contributed by atoms with Gasteiger partial charge < -0.3 is 0 Å². The number of hydrogen-bond donors (Lipinski definition) is 0. The molecule has 0 heterocycles. The summed E-state index contributed by atoms with van der Waals surface area (Å²) in [4.78, 5) is 0. The average Bonchev–Trinajstić information content (AvgIpc) is 2.84. The van der Waals surface area contributed by atoms with Gasteiger partial charge in [0.25, 0.3) is 0 Å². The Labute approximate surface area is 89.1 Å². The molecule has 0 aliphatic heterocycles. The first-order valence-electron chi connectivity index (χ1n) is 4.63. The first kappa shape index (κ1) is 11.5. The fourth-order valence-corrected chi connectivity index (χ4v) is 5.19. The Morgan fingerprint density at radius 1 is 1.38 bits per heavy atom. The highest BCUT2D eigenvalue weighted by Crippen LogP contribution is 2.49. The summed E-state index contributed by atoms with van der Waals surface area (Å²) < 4.78 is 23.3. The summed E-state index contributed by atoms with van der Waals surface area (Å²) in [6.07, 6.45) is 2.33. The first-order valence-corrected chi connectivity index (χ1v) is 7.23. The van der Waals surface area contributed by atoms with Crippen LogP contribution in [0.1, 0.15) is 40.0 Å². The molecular formula is C9H17BrO2S. The van der Waals surface area contributed by atoms with E-state index < -0.39 is 19.3 Å². The molecule has 0 unspecified atom stereocenters. The second kappa shape index (κ2) is 3.23. The number of sulfone groups is 1. The van der Waals surface area contributed by atoms with Crippen LogP contribution >= 0.6 is 15.9 Å². The highest BCUT2D eigenvalue weighted by atomic mass is 79.9. The van der Waals surface area contributed by atoms with Gasteiger partial charge in [-0.1, -0.05) is 22.9 Å². The topological polar surface area (TPSA) is 34.1 Å². The summed E-state index contributed by atoms with van der Waals surface area (Å²) >= 11 is 3.31. The zero-order valence-electron chi connectivity index (χ0n) is 8.43. The van der Waals surface area contributed by atoms with Crippen LogP contribution in [-0.2, 0) is 9.84 Å². The summed E-state index contributed by atoms with van der Waals surface area (Å²) in [7, 11) is -2.97. The zero-order valence-corrected chi connectivity index (χ0v) is 10.8. The molecule has 0 radical (unpaired) electrons. The van der Waals surface area contributed by atoms with Gasteiger partial charge in [0, 0.05) is 5.33 Å². The van der Waals surface area contributed by atoms with Crippen molar-refractivity contribution < 1.29 is 8.42 Å². The molecule has 78 valence electrons. The van der Waals surface area contributed by atoms with E-state index in [1.807, 2.05) is 20.8 Å². The lowest BCUT2D eigenvalue weighted by molar-refractivity contribution is 0.526. The Kier molecular flexibility index (Phi) is 2.86. The minimum absolute atomic E-state index is 0.438. The van der Waals surface area contributed by atoms with E-state index in [4.69, 9.17) is 0 Å². The number of hydrogen-bond acceptors (Lipinski definition) is 2. The van der Waals surface area contributed by atoms with Crippen LogP contribution in [0.15, 0.2) is 0 Å². The lowest BCUT2D eigenvalue weighted by atomic mass is 10.1. The van der Waals surface area contributed by atoms with Crippen LogP contribution in [0.25, 0.3) is 0 Å². The molecule has 0 amide bonds. The van der Waals surface area contributed by atoms with E-state index in [1.165, 1.54) is 0 Å². The molecule has 0 aromatic heterocycles. The standard InChI is InChI=1S/C9H17BrO2S/c1-4-8(2,3)13(11,12)9(7-10)5-6-9/h4-7H2,1-3H3. The van der Waals surface area contributed by atoms with Gasteiger partial charge in [-0.25, -0.2) is 8.42 Å². The van der Waals surface area contributed by atoms with Crippen LogP contribution < -0.4 is 0 Å². The van der Waals surface area contributed by atoms with Crippen molar-refractivity contribution in [2.24, 2.45) is 0 Å². The van der Waals surface area contributed by atoms with Crippen LogP contribution in [0.4, 0.5) is 0 Å².